The lowest BCUT2D eigenvalue weighted by Crippen LogP contribution is -2.31. The van der Waals surface area contributed by atoms with Gasteiger partial charge in [0.25, 0.3) is 15.9 Å². The number of ether oxygens (including phenoxy) is 1. The van der Waals surface area contributed by atoms with Crippen LogP contribution in [0.2, 0.25) is 0 Å². The van der Waals surface area contributed by atoms with E-state index in [0.717, 1.165) is 11.1 Å². The third kappa shape index (κ3) is 6.43. The molecule has 2 N–H and O–H groups in total. The fourth-order valence-electron chi connectivity index (χ4n) is 3.23. The van der Waals surface area contributed by atoms with Crippen LogP contribution in [0, 0.1) is 13.8 Å². The van der Waals surface area contributed by atoms with Crippen LogP contribution in [-0.4, -0.2) is 26.9 Å². The molecular formula is C25H26N2O5S. The molecular weight excluding hydrogens is 440 g/mol. The summed E-state index contributed by atoms with van der Waals surface area (Å²) in [5.41, 5.74) is 2.86. The molecule has 3 aromatic carbocycles. The summed E-state index contributed by atoms with van der Waals surface area (Å²) in [5, 5.41) is 2.76. The van der Waals surface area contributed by atoms with Gasteiger partial charge < -0.3 is 10.1 Å². The number of carbonyl (C=O) groups excluding carboxylic acids is 2. The lowest BCUT2D eigenvalue weighted by Gasteiger charge is -2.15. The number of carbonyl (C=O) groups is 2. The Kier molecular flexibility index (Phi) is 7.50. The van der Waals surface area contributed by atoms with Crippen LogP contribution < -0.4 is 10.0 Å². The quantitative estimate of drug-likeness (QED) is 0.486. The van der Waals surface area contributed by atoms with Crippen molar-refractivity contribution in [2.24, 2.45) is 0 Å². The van der Waals surface area contributed by atoms with Gasteiger partial charge >= 0.3 is 5.97 Å². The van der Waals surface area contributed by atoms with E-state index in [9.17, 15) is 18.0 Å². The van der Waals surface area contributed by atoms with Crippen molar-refractivity contribution in [3.05, 3.63) is 95.1 Å². The largest absolute Gasteiger partial charge is 0.452 e. The molecule has 3 aromatic rings. The number of anilines is 1. The van der Waals surface area contributed by atoms with Gasteiger partial charge in [-0.05, 0) is 61.7 Å². The van der Waals surface area contributed by atoms with Gasteiger partial charge in [0.05, 0.1) is 16.5 Å². The van der Waals surface area contributed by atoms with Gasteiger partial charge in [-0.3, -0.25) is 9.52 Å². The highest BCUT2D eigenvalue weighted by molar-refractivity contribution is 7.92. The molecule has 0 heterocycles. The maximum Gasteiger partial charge on any atom is 0.338 e. The Morgan fingerprint density at radius 2 is 1.67 bits per heavy atom. The van der Waals surface area contributed by atoms with Crippen LogP contribution in [0.25, 0.3) is 0 Å². The first-order valence-corrected chi connectivity index (χ1v) is 11.9. The van der Waals surface area contributed by atoms with Crippen LogP contribution in [0.15, 0.2) is 77.7 Å². The third-order valence-corrected chi connectivity index (χ3v) is 6.40. The van der Waals surface area contributed by atoms with E-state index in [2.05, 4.69) is 10.0 Å². The van der Waals surface area contributed by atoms with E-state index in [1.807, 2.05) is 50.2 Å². The molecule has 7 nitrogen and oxygen atoms in total. The van der Waals surface area contributed by atoms with Gasteiger partial charge in [-0.1, -0.05) is 48.5 Å². The van der Waals surface area contributed by atoms with Crippen molar-refractivity contribution in [3.63, 3.8) is 0 Å². The molecule has 0 fully saturated rings. The van der Waals surface area contributed by atoms with E-state index >= 15 is 0 Å². The van der Waals surface area contributed by atoms with Crippen molar-refractivity contribution < 1.29 is 22.7 Å². The van der Waals surface area contributed by atoms with E-state index < -0.39 is 28.5 Å². The van der Waals surface area contributed by atoms with E-state index in [4.69, 9.17) is 4.74 Å². The zero-order valence-electron chi connectivity index (χ0n) is 18.7. The Morgan fingerprint density at radius 1 is 0.939 bits per heavy atom. The fraction of sp³-hybridized carbons (Fsp3) is 0.200. The smallest absolute Gasteiger partial charge is 0.338 e. The molecule has 0 radical (unpaired) electrons. The van der Waals surface area contributed by atoms with Crippen LogP contribution in [0.5, 0.6) is 0 Å². The molecule has 0 saturated heterocycles. The van der Waals surface area contributed by atoms with Gasteiger partial charge in [-0.25, -0.2) is 13.2 Å². The first kappa shape index (κ1) is 24.0. The topological polar surface area (TPSA) is 102 Å². The Balaban J connectivity index is 1.67. The molecule has 1 amide bonds. The number of esters is 1. The standard InChI is InChI=1S/C25H26N2O5S/c1-17-8-7-11-21(14-17)27-33(30,31)22-13-12-18(2)23(15-22)25(29)32-16-24(28)26-19(3)20-9-5-4-6-10-20/h4-15,19,27H,16H2,1-3H3,(H,26,28). The highest BCUT2D eigenvalue weighted by Gasteiger charge is 2.20. The normalized spacial score (nSPS) is 12.0. The summed E-state index contributed by atoms with van der Waals surface area (Å²) >= 11 is 0. The van der Waals surface area contributed by atoms with Crippen LogP contribution in [0.4, 0.5) is 5.69 Å². The number of hydrogen-bond donors (Lipinski definition) is 2. The van der Waals surface area contributed by atoms with Gasteiger partial charge in [-0.15, -0.1) is 0 Å². The van der Waals surface area contributed by atoms with Crippen LogP contribution in [0.1, 0.15) is 40.0 Å². The summed E-state index contributed by atoms with van der Waals surface area (Å²) in [7, 11) is -3.92. The molecule has 0 aliphatic carbocycles. The van der Waals surface area contributed by atoms with Crippen molar-refractivity contribution in [2.45, 2.75) is 31.7 Å². The van der Waals surface area contributed by atoms with Crippen molar-refractivity contribution in [1.82, 2.24) is 5.32 Å². The maximum absolute atomic E-state index is 12.8. The zero-order chi connectivity index (χ0) is 24.0. The van der Waals surface area contributed by atoms with E-state index in [0.29, 0.717) is 11.3 Å². The molecule has 33 heavy (non-hydrogen) atoms. The highest BCUT2D eigenvalue weighted by atomic mass is 32.2. The fourth-order valence-corrected chi connectivity index (χ4v) is 4.30. The first-order valence-electron chi connectivity index (χ1n) is 10.4. The van der Waals surface area contributed by atoms with E-state index in [1.54, 1.807) is 25.1 Å². The van der Waals surface area contributed by atoms with Crippen molar-refractivity contribution in [1.29, 1.82) is 0 Å². The molecule has 0 saturated carbocycles. The highest BCUT2D eigenvalue weighted by Crippen LogP contribution is 2.20. The number of rotatable bonds is 8. The predicted molar refractivity (Wildman–Crippen MR) is 126 cm³/mol. The minimum atomic E-state index is -3.92. The Morgan fingerprint density at radius 3 is 2.36 bits per heavy atom. The first-order chi connectivity index (χ1) is 15.7. The maximum atomic E-state index is 12.8. The van der Waals surface area contributed by atoms with Crippen molar-refractivity contribution in [3.8, 4) is 0 Å². The Labute approximate surface area is 193 Å². The average molecular weight is 467 g/mol. The van der Waals surface area contributed by atoms with Gasteiger partial charge in [0, 0.05) is 5.69 Å². The molecule has 1 unspecified atom stereocenters. The van der Waals surface area contributed by atoms with Crippen molar-refractivity contribution >= 4 is 27.6 Å². The molecule has 0 bridgehead atoms. The second-order valence-electron chi connectivity index (χ2n) is 7.73. The van der Waals surface area contributed by atoms with Crippen LogP contribution >= 0.6 is 0 Å². The summed E-state index contributed by atoms with van der Waals surface area (Å²) in [6.45, 7) is 4.87. The molecule has 0 spiro atoms. The number of benzene rings is 3. The van der Waals surface area contributed by atoms with Crippen LogP contribution in [0.3, 0.4) is 0 Å². The van der Waals surface area contributed by atoms with E-state index in [1.165, 1.54) is 18.2 Å². The predicted octanol–water partition coefficient (Wildman–Crippen LogP) is 4.14. The number of aryl methyl sites for hydroxylation is 2. The summed E-state index contributed by atoms with van der Waals surface area (Å²) in [6, 6.07) is 20.3. The minimum Gasteiger partial charge on any atom is -0.452 e. The van der Waals surface area contributed by atoms with Gasteiger partial charge in [0.15, 0.2) is 6.61 Å². The number of hydrogen-bond acceptors (Lipinski definition) is 5. The van der Waals surface area contributed by atoms with E-state index in [-0.39, 0.29) is 16.5 Å². The SMILES string of the molecule is Cc1cccc(NS(=O)(=O)c2ccc(C)c(C(=O)OCC(=O)NC(C)c3ccccc3)c2)c1. The molecule has 0 aliphatic heterocycles. The molecule has 172 valence electrons. The second-order valence-corrected chi connectivity index (χ2v) is 9.41. The summed E-state index contributed by atoms with van der Waals surface area (Å²) in [6.07, 6.45) is 0. The summed E-state index contributed by atoms with van der Waals surface area (Å²) in [4.78, 5) is 24.7. The summed E-state index contributed by atoms with van der Waals surface area (Å²) < 4.78 is 33.2. The Bertz CT molecular complexity index is 1260. The van der Waals surface area contributed by atoms with Gasteiger partial charge in [-0.2, -0.15) is 0 Å². The van der Waals surface area contributed by atoms with Gasteiger partial charge in [0.1, 0.15) is 0 Å². The number of amides is 1. The summed E-state index contributed by atoms with van der Waals surface area (Å²) in [5.74, 6) is -1.23. The lowest BCUT2D eigenvalue weighted by atomic mass is 10.1. The third-order valence-electron chi connectivity index (χ3n) is 5.02. The monoisotopic (exact) mass is 466 g/mol. The number of nitrogens with one attached hydrogen (secondary N) is 2. The van der Waals surface area contributed by atoms with Crippen LogP contribution in [-0.2, 0) is 19.6 Å². The average Bonchev–Trinajstić information content (AvgIpc) is 2.78. The molecule has 3 rings (SSSR count). The molecule has 1 atom stereocenters. The molecule has 8 heteroatoms. The molecule has 0 aliphatic rings. The van der Waals surface area contributed by atoms with Crippen molar-refractivity contribution in [2.75, 3.05) is 11.3 Å². The second kappa shape index (κ2) is 10.3. The lowest BCUT2D eigenvalue weighted by molar-refractivity contribution is -0.124. The van der Waals surface area contributed by atoms with Gasteiger partial charge in [0.2, 0.25) is 0 Å². The Hall–Kier alpha value is -3.65. The number of sulfonamides is 1. The zero-order valence-corrected chi connectivity index (χ0v) is 19.5. The molecule has 0 aromatic heterocycles. The minimum absolute atomic E-state index is 0.0750.